The predicted octanol–water partition coefficient (Wildman–Crippen LogP) is -0.601. The van der Waals surface area contributed by atoms with Gasteiger partial charge in [0.05, 0.1) is 12.2 Å². The fourth-order valence-electron chi connectivity index (χ4n) is 1.93. The molecule has 20 heavy (non-hydrogen) atoms. The summed E-state index contributed by atoms with van der Waals surface area (Å²) in [5, 5.41) is 15.6. The van der Waals surface area contributed by atoms with Gasteiger partial charge in [0, 0.05) is 5.92 Å². The molecule has 0 radical (unpaired) electrons. The van der Waals surface area contributed by atoms with E-state index in [4.69, 9.17) is 0 Å². The number of aromatic nitrogens is 6. The maximum Gasteiger partial charge on any atom is 0.264 e. The molecule has 1 fully saturated rings. The SMILES string of the molecule is Cc1nc(C2CC2)[nH]c(=O)c1C(=O)NCc1nn[nH]n1. The molecule has 0 aliphatic heterocycles. The third kappa shape index (κ3) is 2.42. The molecular formula is C11H13N7O2. The normalized spacial score (nSPS) is 14.2. The minimum absolute atomic E-state index is 0.0258. The number of amides is 1. The fraction of sp³-hybridized carbons (Fsp3) is 0.455. The summed E-state index contributed by atoms with van der Waals surface area (Å²) in [6, 6.07) is 0. The fourth-order valence-corrected chi connectivity index (χ4v) is 1.93. The van der Waals surface area contributed by atoms with Crippen LogP contribution in [0, 0.1) is 6.92 Å². The average molecular weight is 275 g/mol. The van der Waals surface area contributed by atoms with E-state index in [1.165, 1.54) is 0 Å². The van der Waals surface area contributed by atoms with Crippen molar-refractivity contribution in [2.24, 2.45) is 0 Å². The summed E-state index contributed by atoms with van der Waals surface area (Å²) < 4.78 is 0. The van der Waals surface area contributed by atoms with Gasteiger partial charge in [-0.1, -0.05) is 5.21 Å². The Kier molecular flexibility index (Phi) is 3.01. The van der Waals surface area contributed by atoms with Crippen LogP contribution >= 0.6 is 0 Å². The van der Waals surface area contributed by atoms with E-state index < -0.39 is 11.5 Å². The van der Waals surface area contributed by atoms with Gasteiger partial charge < -0.3 is 10.3 Å². The second kappa shape index (κ2) is 4.83. The Hall–Kier alpha value is -2.58. The lowest BCUT2D eigenvalue weighted by atomic mass is 10.2. The first kappa shape index (κ1) is 12.5. The molecule has 9 heteroatoms. The van der Waals surface area contributed by atoms with Gasteiger partial charge in [-0.05, 0) is 19.8 Å². The Bertz CT molecular complexity index is 687. The summed E-state index contributed by atoms with van der Waals surface area (Å²) in [6.07, 6.45) is 2.07. The number of carbonyl (C=O) groups is 1. The van der Waals surface area contributed by atoms with Crippen molar-refractivity contribution in [3.05, 3.63) is 33.3 Å². The van der Waals surface area contributed by atoms with Crippen molar-refractivity contribution in [2.45, 2.75) is 32.2 Å². The highest BCUT2D eigenvalue weighted by Crippen LogP contribution is 2.37. The first-order valence-electron chi connectivity index (χ1n) is 6.26. The molecule has 0 atom stereocenters. The maximum atomic E-state index is 12.0. The molecule has 104 valence electrons. The number of aromatic amines is 2. The second-order valence-corrected chi connectivity index (χ2v) is 4.70. The first-order valence-corrected chi connectivity index (χ1v) is 6.26. The molecule has 1 amide bonds. The molecule has 1 aliphatic carbocycles. The topological polar surface area (TPSA) is 129 Å². The Morgan fingerprint density at radius 3 is 2.85 bits per heavy atom. The van der Waals surface area contributed by atoms with E-state index in [0.29, 0.717) is 23.3 Å². The lowest BCUT2D eigenvalue weighted by Crippen LogP contribution is -2.32. The maximum absolute atomic E-state index is 12.0. The highest BCUT2D eigenvalue weighted by molar-refractivity contribution is 5.94. The lowest BCUT2D eigenvalue weighted by molar-refractivity contribution is 0.0947. The van der Waals surface area contributed by atoms with Gasteiger partial charge in [-0.3, -0.25) is 9.59 Å². The van der Waals surface area contributed by atoms with Crippen molar-refractivity contribution in [2.75, 3.05) is 0 Å². The van der Waals surface area contributed by atoms with Gasteiger partial charge in [-0.2, -0.15) is 5.21 Å². The van der Waals surface area contributed by atoms with E-state index in [1.54, 1.807) is 6.92 Å². The lowest BCUT2D eigenvalue weighted by Gasteiger charge is -2.06. The molecule has 1 saturated carbocycles. The molecule has 3 N–H and O–H groups in total. The van der Waals surface area contributed by atoms with E-state index in [1.807, 2.05) is 0 Å². The smallest absolute Gasteiger partial charge is 0.264 e. The zero-order valence-electron chi connectivity index (χ0n) is 10.8. The number of nitrogens with zero attached hydrogens (tertiary/aromatic N) is 4. The Morgan fingerprint density at radius 2 is 2.25 bits per heavy atom. The monoisotopic (exact) mass is 275 g/mol. The summed E-state index contributed by atoms with van der Waals surface area (Å²) in [7, 11) is 0. The van der Waals surface area contributed by atoms with Crippen molar-refractivity contribution in [3.8, 4) is 0 Å². The largest absolute Gasteiger partial charge is 0.344 e. The minimum atomic E-state index is -0.497. The summed E-state index contributed by atoms with van der Waals surface area (Å²) in [5.74, 6) is 0.846. The predicted molar refractivity (Wildman–Crippen MR) is 66.9 cm³/mol. The summed E-state index contributed by atoms with van der Waals surface area (Å²) in [6.45, 7) is 1.75. The highest BCUT2D eigenvalue weighted by atomic mass is 16.2. The average Bonchev–Trinajstić information content (AvgIpc) is 3.13. The Balaban J connectivity index is 1.78. The van der Waals surface area contributed by atoms with E-state index in [2.05, 4.69) is 35.9 Å². The number of rotatable bonds is 4. The van der Waals surface area contributed by atoms with Gasteiger partial charge >= 0.3 is 0 Å². The van der Waals surface area contributed by atoms with Crippen LogP contribution in [0.5, 0.6) is 0 Å². The third-order valence-corrected chi connectivity index (χ3v) is 3.11. The number of hydrogen-bond acceptors (Lipinski definition) is 6. The molecular weight excluding hydrogens is 262 g/mol. The van der Waals surface area contributed by atoms with Crippen molar-refractivity contribution in [1.82, 2.24) is 35.9 Å². The van der Waals surface area contributed by atoms with Gasteiger partial charge in [0.1, 0.15) is 11.4 Å². The highest BCUT2D eigenvalue weighted by Gasteiger charge is 2.28. The van der Waals surface area contributed by atoms with Crippen molar-refractivity contribution in [1.29, 1.82) is 0 Å². The second-order valence-electron chi connectivity index (χ2n) is 4.70. The number of hydrogen-bond donors (Lipinski definition) is 3. The molecule has 1 aliphatic rings. The minimum Gasteiger partial charge on any atom is -0.344 e. The van der Waals surface area contributed by atoms with Gasteiger partial charge in [0.15, 0.2) is 5.82 Å². The summed E-state index contributed by atoms with van der Waals surface area (Å²) >= 11 is 0. The third-order valence-electron chi connectivity index (χ3n) is 3.11. The van der Waals surface area contributed by atoms with Crippen LogP contribution in [0.25, 0.3) is 0 Å². The molecule has 2 aromatic rings. The Morgan fingerprint density at radius 1 is 1.45 bits per heavy atom. The number of H-pyrrole nitrogens is 2. The zero-order chi connectivity index (χ0) is 14.1. The van der Waals surface area contributed by atoms with E-state index in [0.717, 1.165) is 12.8 Å². The van der Waals surface area contributed by atoms with Gasteiger partial charge in [0.25, 0.3) is 11.5 Å². The molecule has 0 saturated heterocycles. The zero-order valence-corrected chi connectivity index (χ0v) is 10.8. The van der Waals surface area contributed by atoms with E-state index >= 15 is 0 Å². The Labute approximate surface area is 113 Å². The van der Waals surface area contributed by atoms with Gasteiger partial charge in [-0.15, -0.1) is 10.2 Å². The molecule has 0 unspecified atom stereocenters. The van der Waals surface area contributed by atoms with Crippen molar-refractivity contribution in [3.63, 3.8) is 0 Å². The standard InChI is InChI=1S/C11H13N7O2/c1-5-8(10(19)12-4-7-15-17-18-16-7)11(20)14-9(13-5)6-2-3-6/h6H,2-4H2,1H3,(H,12,19)(H,13,14,20)(H,15,16,17,18). The van der Waals surface area contributed by atoms with Crippen LogP contribution in [0.3, 0.4) is 0 Å². The van der Waals surface area contributed by atoms with Crippen molar-refractivity contribution >= 4 is 5.91 Å². The van der Waals surface area contributed by atoms with Gasteiger partial charge in [-0.25, -0.2) is 4.98 Å². The molecule has 9 nitrogen and oxygen atoms in total. The van der Waals surface area contributed by atoms with Crippen molar-refractivity contribution < 1.29 is 4.79 Å². The molecule has 3 rings (SSSR count). The van der Waals surface area contributed by atoms with Crippen LogP contribution in [-0.4, -0.2) is 36.5 Å². The molecule has 2 heterocycles. The van der Waals surface area contributed by atoms with Crippen LogP contribution in [-0.2, 0) is 6.54 Å². The van der Waals surface area contributed by atoms with Crippen LogP contribution in [0.15, 0.2) is 4.79 Å². The summed E-state index contributed by atoms with van der Waals surface area (Å²) in [5.41, 5.74) is 0.0455. The van der Waals surface area contributed by atoms with Gasteiger partial charge in [0.2, 0.25) is 0 Å². The molecule has 0 bridgehead atoms. The molecule has 0 spiro atoms. The quantitative estimate of drug-likeness (QED) is 0.683. The summed E-state index contributed by atoms with van der Waals surface area (Å²) in [4.78, 5) is 31.0. The van der Waals surface area contributed by atoms with Crippen LogP contribution in [0.1, 0.15) is 46.5 Å². The number of nitrogens with one attached hydrogen (secondary N) is 3. The van der Waals surface area contributed by atoms with Crippen LogP contribution in [0.4, 0.5) is 0 Å². The first-order chi connectivity index (χ1) is 9.65. The van der Waals surface area contributed by atoms with E-state index in [-0.39, 0.29) is 12.1 Å². The molecule has 2 aromatic heterocycles. The molecule has 0 aromatic carbocycles. The van der Waals surface area contributed by atoms with Crippen LogP contribution < -0.4 is 10.9 Å². The van der Waals surface area contributed by atoms with E-state index in [9.17, 15) is 9.59 Å². The number of carbonyl (C=O) groups excluding carboxylic acids is 1. The number of tetrazole rings is 1. The van der Waals surface area contributed by atoms with Crippen LogP contribution in [0.2, 0.25) is 0 Å². The number of aryl methyl sites for hydroxylation is 1.